The number of hydrogen-bond acceptors (Lipinski definition) is 6. The maximum Gasteiger partial charge on any atom is 0.286 e. The summed E-state index contributed by atoms with van der Waals surface area (Å²) >= 11 is 0. The van der Waals surface area contributed by atoms with E-state index in [1.807, 2.05) is 0 Å². The van der Waals surface area contributed by atoms with Gasteiger partial charge in [-0.15, -0.1) is 0 Å². The van der Waals surface area contributed by atoms with E-state index in [0.717, 1.165) is 12.1 Å². The van der Waals surface area contributed by atoms with E-state index in [-0.39, 0.29) is 41.7 Å². The van der Waals surface area contributed by atoms with Crippen LogP contribution in [0.5, 0.6) is 11.5 Å². The van der Waals surface area contributed by atoms with Gasteiger partial charge < -0.3 is 14.8 Å². The van der Waals surface area contributed by atoms with E-state index in [1.54, 1.807) is 12.3 Å². The molecular weight excluding hydrogens is 371 g/mol. The minimum atomic E-state index is -0.769. The molecule has 142 valence electrons. The summed E-state index contributed by atoms with van der Waals surface area (Å²) in [5, 5.41) is 17.8. The molecule has 1 aliphatic rings. The number of anilines is 1. The minimum absolute atomic E-state index is 0.141. The first kappa shape index (κ1) is 17.5. The van der Waals surface area contributed by atoms with Crippen molar-refractivity contribution in [3.8, 4) is 17.2 Å². The highest BCUT2D eigenvalue weighted by molar-refractivity contribution is 6.07. The second-order valence-electron chi connectivity index (χ2n) is 5.84. The zero-order chi connectivity index (χ0) is 19.7. The highest BCUT2D eigenvalue weighted by Gasteiger charge is 2.26. The molecule has 2 aromatic carbocycles. The van der Waals surface area contributed by atoms with Gasteiger partial charge in [0, 0.05) is 24.1 Å². The molecule has 0 saturated heterocycles. The smallest absolute Gasteiger partial charge is 0.286 e. The first-order valence-corrected chi connectivity index (χ1v) is 8.22. The Bertz CT molecular complexity index is 1070. The van der Waals surface area contributed by atoms with E-state index in [4.69, 9.17) is 9.47 Å². The number of nitro benzene ring substituents is 1. The Hall–Kier alpha value is -3.95. The lowest BCUT2D eigenvalue weighted by molar-refractivity contribution is -0.385. The zero-order valence-electron chi connectivity index (χ0n) is 14.3. The van der Waals surface area contributed by atoms with Gasteiger partial charge in [-0.1, -0.05) is 0 Å². The molecule has 10 heteroatoms. The number of nitrogens with one attached hydrogen (secondary N) is 1. The highest BCUT2D eigenvalue weighted by atomic mass is 19.1. The van der Waals surface area contributed by atoms with E-state index < -0.39 is 22.3 Å². The fourth-order valence-corrected chi connectivity index (χ4v) is 2.79. The SMILES string of the molecule is O=C(Nc1ccc(-n2cccn2)c(F)c1)c1cc2c(cc1[N+](=O)[O-])OCCO2. The van der Waals surface area contributed by atoms with Crippen molar-refractivity contribution in [2.24, 2.45) is 0 Å². The van der Waals surface area contributed by atoms with Crippen LogP contribution >= 0.6 is 0 Å². The van der Waals surface area contributed by atoms with Crippen LogP contribution in [0.3, 0.4) is 0 Å². The molecular formula is C18H13FN4O5. The van der Waals surface area contributed by atoms with Crippen molar-refractivity contribution in [3.63, 3.8) is 0 Å². The number of halogens is 1. The summed E-state index contributed by atoms with van der Waals surface area (Å²) in [6, 6.07) is 8.06. The summed E-state index contributed by atoms with van der Waals surface area (Å²) in [7, 11) is 0. The third-order valence-electron chi connectivity index (χ3n) is 4.06. The van der Waals surface area contributed by atoms with Crippen LogP contribution in [0.4, 0.5) is 15.8 Å². The number of hydrogen-bond donors (Lipinski definition) is 1. The van der Waals surface area contributed by atoms with Gasteiger partial charge in [-0.3, -0.25) is 14.9 Å². The van der Waals surface area contributed by atoms with E-state index in [2.05, 4.69) is 10.4 Å². The molecule has 1 amide bonds. The Morgan fingerprint density at radius 1 is 1.21 bits per heavy atom. The molecule has 1 aromatic heterocycles. The number of carbonyl (C=O) groups is 1. The van der Waals surface area contributed by atoms with Crippen molar-refractivity contribution >= 4 is 17.3 Å². The zero-order valence-corrected chi connectivity index (χ0v) is 14.3. The standard InChI is InChI=1S/C18H13FN4O5/c19-13-8-11(2-3-14(13)22-5-1-4-20-22)21-18(24)12-9-16-17(28-7-6-27-16)10-15(12)23(25)26/h1-5,8-10H,6-7H2,(H,21,24). The van der Waals surface area contributed by atoms with Gasteiger partial charge in [0.15, 0.2) is 17.3 Å². The van der Waals surface area contributed by atoms with Gasteiger partial charge >= 0.3 is 0 Å². The van der Waals surface area contributed by atoms with Crippen molar-refractivity contribution in [2.75, 3.05) is 18.5 Å². The average Bonchev–Trinajstić information content (AvgIpc) is 3.21. The van der Waals surface area contributed by atoms with Crippen LogP contribution in [-0.4, -0.2) is 33.8 Å². The largest absolute Gasteiger partial charge is 0.486 e. The topological polar surface area (TPSA) is 109 Å². The predicted molar refractivity (Wildman–Crippen MR) is 95.6 cm³/mol. The van der Waals surface area contributed by atoms with E-state index in [9.17, 15) is 19.3 Å². The summed E-state index contributed by atoms with van der Waals surface area (Å²) in [4.78, 5) is 23.3. The van der Waals surface area contributed by atoms with Gasteiger partial charge in [-0.05, 0) is 24.3 Å². The van der Waals surface area contributed by atoms with Crippen LogP contribution in [0.25, 0.3) is 5.69 Å². The van der Waals surface area contributed by atoms with Gasteiger partial charge in [0.05, 0.1) is 11.0 Å². The second-order valence-corrected chi connectivity index (χ2v) is 5.84. The number of nitrogens with zero attached hydrogens (tertiary/aromatic N) is 3. The molecule has 2 heterocycles. The normalized spacial score (nSPS) is 12.5. The fraction of sp³-hybridized carbons (Fsp3) is 0.111. The van der Waals surface area contributed by atoms with Crippen LogP contribution in [0.15, 0.2) is 48.8 Å². The Morgan fingerprint density at radius 2 is 1.96 bits per heavy atom. The predicted octanol–water partition coefficient (Wildman–Crippen LogP) is 2.94. The molecule has 0 atom stereocenters. The number of aromatic nitrogens is 2. The molecule has 0 bridgehead atoms. The number of benzene rings is 2. The molecule has 1 aliphatic heterocycles. The lowest BCUT2D eigenvalue weighted by atomic mass is 10.1. The van der Waals surface area contributed by atoms with Crippen LogP contribution < -0.4 is 14.8 Å². The van der Waals surface area contributed by atoms with Crippen LogP contribution in [-0.2, 0) is 0 Å². The van der Waals surface area contributed by atoms with E-state index in [1.165, 1.54) is 29.1 Å². The first-order valence-electron chi connectivity index (χ1n) is 8.22. The van der Waals surface area contributed by atoms with Crippen LogP contribution in [0, 0.1) is 15.9 Å². The van der Waals surface area contributed by atoms with Crippen molar-refractivity contribution < 1.29 is 23.6 Å². The molecule has 0 fully saturated rings. The molecule has 0 spiro atoms. The lowest BCUT2D eigenvalue weighted by Gasteiger charge is -2.19. The quantitative estimate of drug-likeness (QED) is 0.547. The average molecular weight is 384 g/mol. The van der Waals surface area contributed by atoms with Gasteiger partial charge in [0.2, 0.25) is 0 Å². The fourth-order valence-electron chi connectivity index (χ4n) is 2.79. The van der Waals surface area contributed by atoms with Crippen molar-refractivity contribution in [1.82, 2.24) is 9.78 Å². The monoisotopic (exact) mass is 384 g/mol. The molecule has 0 aliphatic carbocycles. The van der Waals surface area contributed by atoms with Crippen LogP contribution in [0.1, 0.15) is 10.4 Å². The molecule has 0 saturated carbocycles. The molecule has 28 heavy (non-hydrogen) atoms. The van der Waals surface area contributed by atoms with Gasteiger partial charge in [-0.25, -0.2) is 9.07 Å². The first-order chi connectivity index (χ1) is 13.5. The van der Waals surface area contributed by atoms with Gasteiger partial charge in [0.25, 0.3) is 11.6 Å². The summed E-state index contributed by atoms with van der Waals surface area (Å²) in [6.45, 7) is 0.531. The Morgan fingerprint density at radius 3 is 2.61 bits per heavy atom. The number of fused-ring (bicyclic) bond motifs is 1. The highest BCUT2D eigenvalue weighted by Crippen LogP contribution is 2.37. The summed E-state index contributed by atoms with van der Waals surface area (Å²) < 4.78 is 26.4. The van der Waals surface area contributed by atoms with Crippen LogP contribution in [0.2, 0.25) is 0 Å². The summed E-state index contributed by atoms with van der Waals surface area (Å²) in [5.74, 6) is -0.945. The van der Waals surface area contributed by atoms with Crippen molar-refractivity contribution in [2.45, 2.75) is 0 Å². The third kappa shape index (κ3) is 3.22. The number of nitro groups is 1. The Balaban J connectivity index is 1.63. The van der Waals surface area contributed by atoms with Crippen molar-refractivity contribution in [3.05, 3.63) is 70.3 Å². The molecule has 1 N–H and O–H groups in total. The number of ether oxygens (including phenoxy) is 2. The van der Waals surface area contributed by atoms with E-state index in [0.29, 0.717) is 0 Å². The van der Waals surface area contributed by atoms with Gasteiger partial charge in [0.1, 0.15) is 24.5 Å². The lowest BCUT2D eigenvalue weighted by Crippen LogP contribution is -2.18. The summed E-state index contributed by atoms with van der Waals surface area (Å²) in [5.41, 5.74) is -0.308. The molecule has 0 unspecified atom stereocenters. The minimum Gasteiger partial charge on any atom is -0.486 e. The maximum absolute atomic E-state index is 14.3. The molecule has 3 aromatic rings. The Kier molecular flexibility index (Phi) is 4.36. The summed E-state index contributed by atoms with van der Waals surface area (Å²) in [6.07, 6.45) is 3.09. The van der Waals surface area contributed by atoms with Crippen molar-refractivity contribution in [1.29, 1.82) is 0 Å². The molecule has 0 radical (unpaired) electrons. The number of rotatable bonds is 4. The number of amides is 1. The number of carbonyl (C=O) groups excluding carboxylic acids is 1. The maximum atomic E-state index is 14.3. The third-order valence-corrected chi connectivity index (χ3v) is 4.06. The Labute approximate surface area is 157 Å². The van der Waals surface area contributed by atoms with Gasteiger partial charge in [-0.2, -0.15) is 5.10 Å². The molecule has 9 nitrogen and oxygen atoms in total. The van der Waals surface area contributed by atoms with E-state index >= 15 is 0 Å². The second kappa shape index (κ2) is 6.99. The molecule has 4 rings (SSSR count).